The van der Waals surface area contributed by atoms with Crippen LogP contribution in [0.25, 0.3) is 11.1 Å². The molecular formula is C25H32F3N3O4. The van der Waals surface area contributed by atoms with E-state index in [-0.39, 0.29) is 35.6 Å². The van der Waals surface area contributed by atoms with Gasteiger partial charge in [-0.2, -0.15) is 13.2 Å². The van der Waals surface area contributed by atoms with Crippen molar-refractivity contribution in [2.75, 3.05) is 11.9 Å². The summed E-state index contributed by atoms with van der Waals surface area (Å²) in [4.78, 5) is 27.4. The van der Waals surface area contributed by atoms with Crippen LogP contribution in [0.2, 0.25) is 0 Å². The van der Waals surface area contributed by atoms with Crippen molar-refractivity contribution in [2.45, 2.75) is 65.8 Å². The van der Waals surface area contributed by atoms with E-state index < -0.39 is 29.5 Å². The second kappa shape index (κ2) is 11.4. The minimum atomic E-state index is -4.68. The molecule has 10 heteroatoms. The molecule has 0 aliphatic carbocycles. The quantitative estimate of drug-likeness (QED) is 0.466. The van der Waals surface area contributed by atoms with Gasteiger partial charge in [0.15, 0.2) is 0 Å². The van der Waals surface area contributed by atoms with Gasteiger partial charge < -0.3 is 20.1 Å². The summed E-state index contributed by atoms with van der Waals surface area (Å²) in [6, 6.07) is 6.21. The van der Waals surface area contributed by atoms with Gasteiger partial charge in [0.2, 0.25) is 5.91 Å². The minimum absolute atomic E-state index is 0.160. The number of nitrogens with zero attached hydrogens (tertiary/aromatic N) is 1. The summed E-state index contributed by atoms with van der Waals surface area (Å²) in [7, 11) is 0. The number of aromatic nitrogens is 1. The van der Waals surface area contributed by atoms with Gasteiger partial charge in [-0.1, -0.05) is 19.9 Å². The summed E-state index contributed by atoms with van der Waals surface area (Å²) in [6.07, 6.45) is -3.45. The third-order valence-corrected chi connectivity index (χ3v) is 4.60. The summed E-state index contributed by atoms with van der Waals surface area (Å²) in [5, 5.41) is 5.19. The lowest BCUT2D eigenvalue weighted by molar-refractivity contribution is -0.139. The monoisotopic (exact) mass is 495 g/mol. The van der Waals surface area contributed by atoms with Gasteiger partial charge in [0.25, 0.3) is 0 Å². The lowest BCUT2D eigenvalue weighted by atomic mass is 10.0. The number of carbonyl (C=O) groups excluding carboxylic acids is 2. The van der Waals surface area contributed by atoms with E-state index >= 15 is 0 Å². The molecule has 7 nitrogen and oxygen atoms in total. The van der Waals surface area contributed by atoms with E-state index in [0.29, 0.717) is 12.0 Å². The molecule has 1 aromatic heterocycles. The third-order valence-electron chi connectivity index (χ3n) is 4.60. The van der Waals surface area contributed by atoms with E-state index in [1.54, 1.807) is 26.8 Å². The molecule has 2 amide bonds. The fourth-order valence-corrected chi connectivity index (χ4v) is 3.32. The van der Waals surface area contributed by atoms with E-state index in [0.717, 1.165) is 6.07 Å². The number of alkyl halides is 3. The Morgan fingerprint density at radius 3 is 2.29 bits per heavy atom. The van der Waals surface area contributed by atoms with Gasteiger partial charge in [0.1, 0.15) is 23.8 Å². The maximum atomic E-state index is 13.9. The second-order valence-corrected chi connectivity index (χ2v) is 9.60. The highest BCUT2D eigenvalue weighted by Crippen LogP contribution is 2.39. The lowest BCUT2D eigenvalue weighted by Gasteiger charge is -2.25. The molecule has 192 valence electrons. The van der Waals surface area contributed by atoms with Crippen LogP contribution in [0.5, 0.6) is 5.75 Å². The van der Waals surface area contributed by atoms with Crippen LogP contribution in [0.3, 0.4) is 0 Å². The van der Waals surface area contributed by atoms with Crippen molar-refractivity contribution in [1.82, 2.24) is 10.3 Å². The molecule has 0 saturated heterocycles. The van der Waals surface area contributed by atoms with Crippen molar-refractivity contribution >= 4 is 17.8 Å². The molecule has 2 aromatic rings. The predicted molar refractivity (Wildman–Crippen MR) is 127 cm³/mol. The van der Waals surface area contributed by atoms with Crippen LogP contribution in [-0.4, -0.2) is 35.2 Å². The Labute approximate surface area is 203 Å². The number of hydrogen-bond donors (Lipinski definition) is 2. The fourth-order valence-electron chi connectivity index (χ4n) is 3.32. The zero-order chi connectivity index (χ0) is 26.4. The average molecular weight is 496 g/mol. The van der Waals surface area contributed by atoms with Crippen LogP contribution in [0.4, 0.5) is 23.8 Å². The first kappa shape index (κ1) is 27.9. The molecule has 0 aliphatic heterocycles. The molecule has 35 heavy (non-hydrogen) atoms. The molecule has 1 heterocycles. The van der Waals surface area contributed by atoms with Crippen LogP contribution in [0.15, 0.2) is 36.5 Å². The van der Waals surface area contributed by atoms with Gasteiger partial charge in [-0.05, 0) is 68.5 Å². The Balaban J connectivity index is 2.27. The Morgan fingerprint density at radius 1 is 1.06 bits per heavy atom. The van der Waals surface area contributed by atoms with Gasteiger partial charge >= 0.3 is 12.3 Å². The maximum Gasteiger partial charge on any atom is 0.419 e. The van der Waals surface area contributed by atoms with E-state index in [2.05, 4.69) is 15.6 Å². The van der Waals surface area contributed by atoms with Crippen molar-refractivity contribution in [3.8, 4) is 16.9 Å². The normalized spacial score (nSPS) is 12.7. The lowest BCUT2D eigenvalue weighted by Crippen LogP contribution is -2.42. The third kappa shape index (κ3) is 9.46. The van der Waals surface area contributed by atoms with Crippen molar-refractivity contribution in [2.24, 2.45) is 5.92 Å². The first-order valence-electron chi connectivity index (χ1n) is 11.2. The van der Waals surface area contributed by atoms with Gasteiger partial charge in [0.05, 0.1) is 11.6 Å². The van der Waals surface area contributed by atoms with Gasteiger partial charge in [-0.15, -0.1) is 0 Å². The number of benzene rings is 1. The van der Waals surface area contributed by atoms with Gasteiger partial charge in [-0.3, -0.25) is 4.79 Å². The molecule has 0 aliphatic rings. The number of anilines is 1. The fraction of sp³-hybridized carbons (Fsp3) is 0.480. The van der Waals surface area contributed by atoms with E-state index in [1.165, 1.54) is 31.3 Å². The van der Waals surface area contributed by atoms with Gasteiger partial charge in [0, 0.05) is 13.1 Å². The van der Waals surface area contributed by atoms with E-state index in [4.69, 9.17) is 9.47 Å². The molecule has 2 rings (SSSR count). The summed E-state index contributed by atoms with van der Waals surface area (Å²) in [5.74, 6) is -0.302. The van der Waals surface area contributed by atoms with Crippen LogP contribution >= 0.6 is 0 Å². The largest absolute Gasteiger partial charge is 0.491 e. The van der Waals surface area contributed by atoms with Crippen molar-refractivity contribution in [3.63, 3.8) is 0 Å². The van der Waals surface area contributed by atoms with E-state index in [1.807, 2.05) is 13.8 Å². The van der Waals surface area contributed by atoms with Crippen LogP contribution in [0.1, 0.15) is 53.5 Å². The van der Waals surface area contributed by atoms with Crippen LogP contribution in [-0.2, 0) is 15.7 Å². The zero-order valence-corrected chi connectivity index (χ0v) is 20.7. The second-order valence-electron chi connectivity index (χ2n) is 9.60. The first-order valence-corrected chi connectivity index (χ1v) is 11.2. The van der Waals surface area contributed by atoms with Crippen molar-refractivity contribution in [1.29, 1.82) is 0 Å². The van der Waals surface area contributed by atoms with Crippen LogP contribution in [0, 0.1) is 5.92 Å². The highest BCUT2D eigenvalue weighted by molar-refractivity contribution is 5.88. The number of halogens is 3. The molecule has 0 unspecified atom stereocenters. The maximum absolute atomic E-state index is 13.9. The molecule has 0 bridgehead atoms. The Kier molecular flexibility index (Phi) is 9.12. The summed E-state index contributed by atoms with van der Waals surface area (Å²) < 4.78 is 52.5. The highest BCUT2D eigenvalue weighted by Gasteiger charge is 2.35. The van der Waals surface area contributed by atoms with Crippen molar-refractivity contribution in [3.05, 3.63) is 42.1 Å². The number of rotatable bonds is 8. The molecule has 0 fully saturated rings. The molecule has 0 radical (unpaired) electrons. The zero-order valence-electron chi connectivity index (χ0n) is 20.7. The Bertz CT molecular complexity index is 1030. The molecule has 1 aromatic carbocycles. The molecule has 1 atom stereocenters. The molecule has 2 N–H and O–H groups in total. The number of alkyl carbamates (subject to hydrolysis) is 1. The van der Waals surface area contributed by atoms with Crippen molar-refractivity contribution < 1.29 is 32.2 Å². The Hall–Kier alpha value is -3.30. The summed E-state index contributed by atoms with van der Waals surface area (Å²) in [6.45, 7) is 10.2. The molecule has 0 saturated carbocycles. The SMILES string of the molecule is CC(=O)Nc1cc(-c2ccc(OC[C@H](CC(C)C)NC(=O)OC(C)(C)C)c(C(F)(F)F)c2)ccn1. The number of amides is 2. The number of ether oxygens (including phenoxy) is 2. The Morgan fingerprint density at radius 2 is 1.71 bits per heavy atom. The first-order chi connectivity index (χ1) is 16.1. The molecule has 0 spiro atoms. The standard InChI is InChI=1S/C25H32F3N3O4/c1-15(2)11-19(31-23(33)35-24(4,5)6)14-34-21-8-7-17(12-20(21)25(26,27)28)18-9-10-29-22(13-18)30-16(3)32/h7-10,12-13,15,19H,11,14H2,1-6H3,(H,31,33)(H,29,30,32)/t19-/m0/s1. The topological polar surface area (TPSA) is 89.6 Å². The summed E-state index contributed by atoms with van der Waals surface area (Å²) >= 11 is 0. The van der Waals surface area contributed by atoms with Gasteiger partial charge in [-0.25, -0.2) is 9.78 Å². The van der Waals surface area contributed by atoms with Crippen LogP contribution < -0.4 is 15.4 Å². The predicted octanol–water partition coefficient (Wildman–Crippen LogP) is 6.04. The average Bonchev–Trinajstić information content (AvgIpc) is 2.69. The summed E-state index contributed by atoms with van der Waals surface area (Å²) in [5.41, 5.74) is -0.929. The number of carbonyl (C=O) groups is 2. The smallest absolute Gasteiger partial charge is 0.419 e. The number of pyridine rings is 1. The highest BCUT2D eigenvalue weighted by atomic mass is 19.4. The van der Waals surface area contributed by atoms with E-state index in [9.17, 15) is 22.8 Å². The minimum Gasteiger partial charge on any atom is -0.491 e. The molecular weight excluding hydrogens is 463 g/mol. The number of hydrogen-bond acceptors (Lipinski definition) is 5. The number of nitrogens with one attached hydrogen (secondary N) is 2.